The van der Waals surface area contributed by atoms with Gasteiger partial charge in [0.15, 0.2) is 0 Å². The maximum Gasteiger partial charge on any atom is 0.0870 e. The molecule has 1 rings (SSSR count). The molecule has 1 aromatic heterocycles. The summed E-state index contributed by atoms with van der Waals surface area (Å²) in [6.07, 6.45) is 2.01. The van der Waals surface area contributed by atoms with Gasteiger partial charge in [-0.15, -0.1) is 0 Å². The number of nitrogens with zero attached hydrogens (tertiary/aromatic N) is 3. The van der Waals surface area contributed by atoms with Gasteiger partial charge in [0.25, 0.3) is 0 Å². The Bertz CT molecular complexity index is 346. The van der Waals surface area contributed by atoms with E-state index < -0.39 is 0 Å². The van der Waals surface area contributed by atoms with Gasteiger partial charge in [0, 0.05) is 25.3 Å². The summed E-state index contributed by atoms with van der Waals surface area (Å²) in [5.41, 5.74) is 6.60. The van der Waals surface area contributed by atoms with Crippen LogP contribution in [0.25, 0.3) is 0 Å². The molecule has 0 saturated heterocycles. The second kappa shape index (κ2) is 5.96. The van der Waals surface area contributed by atoms with Crippen LogP contribution in [-0.4, -0.2) is 32.8 Å². The number of nitrogens with two attached hydrogens (primary N) is 1. The molecule has 0 aromatic carbocycles. The molecule has 0 fully saturated rings. The molecule has 0 aliphatic heterocycles. The number of rotatable bonds is 6. The van der Waals surface area contributed by atoms with Gasteiger partial charge in [0.05, 0.1) is 10.7 Å². The van der Waals surface area contributed by atoms with Gasteiger partial charge in [0.2, 0.25) is 0 Å². The van der Waals surface area contributed by atoms with Crippen LogP contribution < -0.4 is 5.73 Å². The lowest BCUT2D eigenvalue weighted by Crippen LogP contribution is -2.32. The zero-order valence-corrected chi connectivity index (χ0v) is 11.0. The summed E-state index contributed by atoms with van der Waals surface area (Å²) in [4.78, 5) is 2.71. The van der Waals surface area contributed by atoms with E-state index in [0.717, 1.165) is 18.8 Å². The zero-order valence-electron chi connectivity index (χ0n) is 10.2. The minimum atomic E-state index is 0.402. The highest BCUT2D eigenvalue weighted by Gasteiger charge is 2.08. The molecule has 1 heterocycles. The first kappa shape index (κ1) is 13.1. The Kier molecular flexibility index (Phi) is 4.89. The smallest absolute Gasteiger partial charge is 0.0870 e. The summed E-state index contributed by atoms with van der Waals surface area (Å²) in [5, 5.41) is 4.50. The molecule has 1 aromatic rings. The van der Waals surface area contributed by atoms with Crippen LogP contribution in [0.3, 0.4) is 0 Å². The Labute approximate surface area is 102 Å². The molecule has 0 saturated carbocycles. The Hall–Kier alpha value is -0.940. The Morgan fingerprint density at radius 2 is 2.31 bits per heavy atom. The molecule has 0 radical (unpaired) electrons. The molecule has 0 unspecified atom stereocenters. The van der Waals surface area contributed by atoms with Crippen LogP contribution in [0, 0.1) is 0 Å². The first-order valence-electron chi connectivity index (χ1n) is 5.57. The summed E-state index contributed by atoms with van der Waals surface area (Å²) in [7, 11) is 0. The quantitative estimate of drug-likeness (QED) is 0.767. The molecule has 0 aliphatic carbocycles. The van der Waals surface area contributed by atoms with E-state index >= 15 is 0 Å². The topological polar surface area (TPSA) is 47.1 Å². The second-order valence-electron chi connectivity index (χ2n) is 4.15. The summed E-state index contributed by atoms with van der Waals surface area (Å²) in [5.74, 6) is 0. The van der Waals surface area contributed by atoms with Crippen molar-refractivity contribution >= 4 is 17.2 Å². The fourth-order valence-corrected chi connectivity index (χ4v) is 1.66. The van der Waals surface area contributed by atoms with Gasteiger partial charge in [-0.25, -0.2) is 0 Å². The first-order chi connectivity index (χ1) is 7.52. The molecule has 0 aliphatic rings. The standard InChI is InChI=1S/C11H20N4S/c1-4-14(8-11(12)16)7-10-5-6-15(13-10)9(2)3/h5-6,9H,4,7-8H2,1-3H3,(H2,12,16). The second-order valence-corrected chi connectivity index (χ2v) is 4.67. The number of hydrogen-bond donors (Lipinski definition) is 1. The third-order valence-electron chi connectivity index (χ3n) is 2.40. The van der Waals surface area contributed by atoms with Crippen molar-refractivity contribution in [2.45, 2.75) is 33.4 Å². The summed E-state index contributed by atoms with van der Waals surface area (Å²) in [6, 6.07) is 2.45. The van der Waals surface area contributed by atoms with E-state index in [1.807, 2.05) is 16.9 Å². The van der Waals surface area contributed by atoms with Crippen molar-refractivity contribution in [2.75, 3.05) is 13.1 Å². The van der Waals surface area contributed by atoms with Gasteiger partial charge >= 0.3 is 0 Å². The minimum absolute atomic E-state index is 0.402. The van der Waals surface area contributed by atoms with E-state index in [9.17, 15) is 0 Å². The molecule has 4 nitrogen and oxygen atoms in total. The molecule has 0 bridgehead atoms. The predicted octanol–water partition coefficient (Wildman–Crippen LogP) is 1.57. The van der Waals surface area contributed by atoms with Gasteiger partial charge in [-0.3, -0.25) is 9.58 Å². The van der Waals surface area contributed by atoms with E-state index in [1.165, 1.54) is 0 Å². The molecular formula is C11H20N4S. The fraction of sp³-hybridized carbons (Fsp3) is 0.636. The number of aromatic nitrogens is 2. The highest BCUT2D eigenvalue weighted by Crippen LogP contribution is 2.06. The third-order valence-corrected chi connectivity index (χ3v) is 2.53. The van der Waals surface area contributed by atoms with Crippen LogP contribution >= 0.6 is 12.2 Å². The number of likely N-dealkylation sites (N-methyl/N-ethyl adjacent to an activating group) is 1. The Balaban J connectivity index is 2.59. The maximum atomic E-state index is 5.54. The third kappa shape index (κ3) is 3.90. The SMILES string of the molecule is CCN(CC(N)=S)Cc1ccn(C(C)C)n1. The lowest BCUT2D eigenvalue weighted by atomic mass is 10.3. The van der Waals surface area contributed by atoms with Gasteiger partial charge in [-0.2, -0.15) is 5.10 Å². The van der Waals surface area contributed by atoms with Crippen molar-refractivity contribution in [3.8, 4) is 0 Å². The molecule has 0 spiro atoms. The molecule has 0 amide bonds. The van der Waals surface area contributed by atoms with Crippen LogP contribution in [0.5, 0.6) is 0 Å². The van der Waals surface area contributed by atoms with Crippen molar-refractivity contribution in [3.05, 3.63) is 18.0 Å². The predicted molar refractivity (Wildman–Crippen MR) is 70.3 cm³/mol. The van der Waals surface area contributed by atoms with Crippen LogP contribution in [-0.2, 0) is 6.54 Å². The van der Waals surface area contributed by atoms with Crippen LogP contribution in [0.2, 0.25) is 0 Å². The van der Waals surface area contributed by atoms with Crippen molar-refractivity contribution < 1.29 is 0 Å². The van der Waals surface area contributed by atoms with Gasteiger partial charge in [-0.05, 0) is 26.5 Å². The average Bonchev–Trinajstić information content (AvgIpc) is 2.64. The highest BCUT2D eigenvalue weighted by molar-refractivity contribution is 7.80. The summed E-state index contributed by atoms with van der Waals surface area (Å²) in [6.45, 7) is 8.70. The highest BCUT2D eigenvalue weighted by atomic mass is 32.1. The van der Waals surface area contributed by atoms with Crippen molar-refractivity contribution in [3.63, 3.8) is 0 Å². The van der Waals surface area contributed by atoms with Crippen molar-refractivity contribution in [1.29, 1.82) is 0 Å². The van der Waals surface area contributed by atoms with Crippen molar-refractivity contribution in [2.24, 2.45) is 5.73 Å². The molecular weight excluding hydrogens is 220 g/mol. The van der Waals surface area contributed by atoms with Crippen LogP contribution in [0.1, 0.15) is 32.5 Å². The summed E-state index contributed by atoms with van der Waals surface area (Å²) < 4.78 is 1.96. The Morgan fingerprint density at radius 3 is 2.75 bits per heavy atom. The maximum absolute atomic E-state index is 5.54. The molecule has 5 heteroatoms. The van der Waals surface area contributed by atoms with Gasteiger partial charge < -0.3 is 5.73 Å². The van der Waals surface area contributed by atoms with Gasteiger partial charge in [-0.1, -0.05) is 19.1 Å². The van der Waals surface area contributed by atoms with E-state index in [2.05, 4.69) is 30.8 Å². The van der Waals surface area contributed by atoms with E-state index in [0.29, 0.717) is 17.6 Å². The van der Waals surface area contributed by atoms with Crippen molar-refractivity contribution in [1.82, 2.24) is 14.7 Å². The lowest BCUT2D eigenvalue weighted by Gasteiger charge is -2.18. The van der Waals surface area contributed by atoms with Crippen LogP contribution in [0.15, 0.2) is 12.3 Å². The van der Waals surface area contributed by atoms with E-state index in [-0.39, 0.29) is 0 Å². The minimum Gasteiger partial charge on any atom is -0.392 e. The zero-order chi connectivity index (χ0) is 12.1. The molecule has 2 N–H and O–H groups in total. The molecule has 0 atom stereocenters. The average molecular weight is 240 g/mol. The number of thiocarbonyl (C=S) groups is 1. The number of hydrogen-bond acceptors (Lipinski definition) is 3. The molecule has 16 heavy (non-hydrogen) atoms. The normalized spacial score (nSPS) is 11.3. The van der Waals surface area contributed by atoms with Crippen LogP contribution in [0.4, 0.5) is 0 Å². The van der Waals surface area contributed by atoms with Gasteiger partial charge in [0.1, 0.15) is 0 Å². The lowest BCUT2D eigenvalue weighted by molar-refractivity contribution is 0.314. The summed E-state index contributed by atoms with van der Waals surface area (Å²) >= 11 is 4.91. The fourth-order valence-electron chi connectivity index (χ4n) is 1.48. The Morgan fingerprint density at radius 1 is 1.62 bits per heavy atom. The monoisotopic (exact) mass is 240 g/mol. The first-order valence-corrected chi connectivity index (χ1v) is 5.98. The largest absolute Gasteiger partial charge is 0.392 e. The van der Waals surface area contributed by atoms with E-state index in [1.54, 1.807) is 0 Å². The van der Waals surface area contributed by atoms with E-state index in [4.69, 9.17) is 18.0 Å². The molecule has 90 valence electrons.